The summed E-state index contributed by atoms with van der Waals surface area (Å²) in [7, 11) is 0. The van der Waals surface area contributed by atoms with Crippen LogP contribution in [0.2, 0.25) is 0 Å². The van der Waals surface area contributed by atoms with Crippen LogP contribution in [-0.2, 0) is 6.18 Å². The maximum atomic E-state index is 12.4. The topological polar surface area (TPSA) is 17.3 Å². The molecule has 0 saturated carbocycles. The lowest BCUT2D eigenvalue weighted by Gasteiger charge is -2.04. The lowest BCUT2D eigenvalue weighted by molar-refractivity contribution is -0.141. The zero-order valence-corrected chi connectivity index (χ0v) is 7.41. The molecule has 0 fully saturated rings. The number of rotatable bonds is 0. The van der Waals surface area contributed by atoms with E-state index in [1.54, 1.807) is 12.3 Å². The predicted molar refractivity (Wildman–Crippen MR) is 42.8 cm³/mol. The summed E-state index contributed by atoms with van der Waals surface area (Å²) >= 11 is 1.20. The van der Waals surface area contributed by atoms with E-state index in [0.29, 0.717) is 10.7 Å². The van der Waals surface area contributed by atoms with Gasteiger partial charge < -0.3 is 0 Å². The molecule has 0 aliphatic heterocycles. The number of imidazole rings is 1. The minimum atomic E-state index is -4.33. The fourth-order valence-electron chi connectivity index (χ4n) is 1.15. The van der Waals surface area contributed by atoms with Crippen LogP contribution >= 0.6 is 11.3 Å². The summed E-state index contributed by atoms with van der Waals surface area (Å²) in [6.45, 7) is 1.63. The van der Waals surface area contributed by atoms with Crippen molar-refractivity contribution in [3.63, 3.8) is 0 Å². The maximum absolute atomic E-state index is 12.4. The van der Waals surface area contributed by atoms with E-state index >= 15 is 0 Å². The van der Waals surface area contributed by atoms with E-state index in [-0.39, 0.29) is 0 Å². The second-order valence-corrected chi connectivity index (χ2v) is 3.47. The highest BCUT2D eigenvalue weighted by Gasteiger charge is 2.35. The van der Waals surface area contributed by atoms with Gasteiger partial charge in [-0.2, -0.15) is 13.2 Å². The van der Waals surface area contributed by atoms with Crippen molar-refractivity contribution in [3.8, 4) is 0 Å². The van der Waals surface area contributed by atoms with Crippen molar-refractivity contribution in [3.05, 3.63) is 23.0 Å². The summed E-state index contributed by atoms with van der Waals surface area (Å²) in [6.07, 6.45) is -3.47. The van der Waals surface area contributed by atoms with Crippen LogP contribution in [-0.4, -0.2) is 9.38 Å². The molecule has 6 heteroatoms. The monoisotopic (exact) mass is 206 g/mol. The Balaban J connectivity index is 2.76. The number of aryl methyl sites for hydroxylation is 1. The molecule has 2 aromatic heterocycles. The largest absolute Gasteiger partial charge is 0.433 e. The highest BCUT2D eigenvalue weighted by atomic mass is 32.1. The van der Waals surface area contributed by atoms with E-state index in [2.05, 4.69) is 4.98 Å². The fourth-order valence-corrected chi connectivity index (χ4v) is 1.99. The van der Waals surface area contributed by atoms with E-state index in [9.17, 15) is 13.2 Å². The van der Waals surface area contributed by atoms with Crippen molar-refractivity contribution in [1.82, 2.24) is 9.38 Å². The highest BCUT2D eigenvalue weighted by molar-refractivity contribution is 7.15. The van der Waals surface area contributed by atoms with Gasteiger partial charge in [0.05, 0.1) is 6.20 Å². The Bertz CT molecular complexity index is 440. The normalized spacial score (nSPS) is 12.6. The first-order valence-corrected chi connectivity index (χ1v) is 4.37. The number of nitrogens with zero attached hydrogens (tertiary/aromatic N) is 2. The molecule has 0 saturated heterocycles. The van der Waals surface area contributed by atoms with Gasteiger partial charge in [-0.05, 0) is 6.92 Å². The molecule has 2 heterocycles. The lowest BCUT2D eigenvalue weighted by Crippen LogP contribution is -2.08. The van der Waals surface area contributed by atoms with Crippen LogP contribution in [0, 0.1) is 6.92 Å². The van der Waals surface area contributed by atoms with Gasteiger partial charge in [0, 0.05) is 11.1 Å². The number of hydrogen-bond donors (Lipinski definition) is 0. The second kappa shape index (κ2) is 2.47. The first kappa shape index (κ1) is 8.55. The minimum Gasteiger partial charge on any atom is -0.284 e. The molecule has 2 nitrogen and oxygen atoms in total. The van der Waals surface area contributed by atoms with Crippen LogP contribution in [0.25, 0.3) is 4.96 Å². The third-order valence-electron chi connectivity index (χ3n) is 1.71. The molecular weight excluding hydrogens is 201 g/mol. The molecule has 0 unspecified atom stereocenters. The smallest absolute Gasteiger partial charge is 0.284 e. The molecule has 0 aliphatic carbocycles. The number of halogens is 3. The Kier molecular flexibility index (Phi) is 1.63. The van der Waals surface area contributed by atoms with Crippen molar-refractivity contribution < 1.29 is 13.2 Å². The van der Waals surface area contributed by atoms with Crippen molar-refractivity contribution in [1.29, 1.82) is 0 Å². The van der Waals surface area contributed by atoms with Crippen LogP contribution in [0.3, 0.4) is 0 Å². The number of alkyl halides is 3. The van der Waals surface area contributed by atoms with E-state index in [0.717, 1.165) is 10.6 Å². The van der Waals surface area contributed by atoms with Gasteiger partial charge in [-0.1, -0.05) is 0 Å². The molecule has 0 radical (unpaired) electrons. The van der Waals surface area contributed by atoms with E-state index in [1.807, 2.05) is 0 Å². The van der Waals surface area contributed by atoms with Crippen LogP contribution in [0.15, 0.2) is 11.6 Å². The first-order chi connectivity index (χ1) is 6.00. The minimum absolute atomic E-state index is 0.379. The molecule has 0 atom stereocenters. The summed E-state index contributed by atoms with van der Waals surface area (Å²) in [5, 5.41) is 1.65. The molecule has 0 bridgehead atoms. The Morgan fingerprint density at radius 3 is 2.77 bits per heavy atom. The van der Waals surface area contributed by atoms with Gasteiger partial charge in [0.1, 0.15) is 5.69 Å². The lowest BCUT2D eigenvalue weighted by atomic mass is 10.4. The molecule has 13 heavy (non-hydrogen) atoms. The molecule has 0 N–H and O–H groups in total. The molecule has 0 aromatic carbocycles. The van der Waals surface area contributed by atoms with E-state index in [4.69, 9.17) is 0 Å². The zero-order valence-electron chi connectivity index (χ0n) is 6.59. The molecular formula is C7H5F3N2S. The fraction of sp³-hybridized carbons (Fsp3) is 0.286. The summed E-state index contributed by atoms with van der Waals surface area (Å²) in [6, 6.07) is 0. The highest BCUT2D eigenvalue weighted by Crippen LogP contribution is 2.31. The third kappa shape index (κ3) is 1.21. The summed E-state index contributed by atoms with van der Waals surface area (Å²) in [5.74, 6) is 0. The molecule has 70 valence electrons. The van der Waals surface area contributed by atoms with Crippen molar-refractivity contribution in [2.24, 2.45) is 0 Å². The molecule has 2 rings (SSSR count). The van der Waals surface area contributed by atoms with Gasteiger partial charge in [-0.3, -0.25) is 4.40 Å². The number of aromatic nitrogens is 2. The van der Waals surface area contributed by atoms with Crippen LogP contribution < -0.4 is 0 Å². The van der Waals surface area contributed by atoms with Gasteiger partial charge in [-0.25, -0.2) is 4.98 Å². The zero-order chi connectivity index (χ0) is 9.64. The molecule has 2 aromatic rings. The number of hydrogen-bond acceptors (Lipinski definition) is 2. The number of thiazole rings is 1. The average molecular weight is 206 g/mol. The Hall–Kier alpha value is -1.04. The molecule has 0 spiro atoms. The van der Waals surface area contributed by atoms with E-state index in [1.165, 1.54) is 11.3 Å². The van der Waals surface area contributed by atoms with Crippen molar-refractivity contribution in [2.45, 2.75) is 13.1 Å². The summed E-state index contributed by atoms with van der Waals surface area (Å²) < 4.78 is 38.2. The van der Waals surface area contributed by atoms with Crippen molar-refractivity contribution >= 4 is 16.3 Å². The summed E-state index contributed by atoms with van der Waals surface area (Å²) in [4.78, 5) is 4.05. The Morgan fingerprint density at radius 2 is 2.15 bits per heavy atom. The molecule has 0 aliphatic rings. The Morgan fingerprint density at radius 1 is 1.46 bits per heavy atom. The Labute approximate surface area is 75.6 Å². The van der Waals surface area contributed by atoms with Crippen LogP contribution in [0.5, 0.6) is 0 Å². The predicted octanol–water partition coefficient (Wildman–Crippen LogP) is 2.72. The summed E-state index contributed by atoms with van der Waals surface area (Å²) in [5.41, 5.74) is -0.147. The SMILES string of the molecule is Cc1csc2ncc(C(F)(F)F)n12. The van der Waals surface area contributed by atoms with Gasteiger partial charge in [0.15, 0.2) is 4.96 Å². The molecule has 0 amide bonds. The van der Waals surface area contributed by atoms with Crippen LogP contribution in [0.1, 0.15) is 11.4 Å². The second-order valence-electron chi connectivity index (χ2n) is 2.64. The first-order valence-electron chi connectivity index (χ1n) is 3.49. The quantitative estimate of drug-likeness (QED) is 0.647. The van der Waals surface area contributed by atoms with Crippen molar-refractivity contribution in [2.75, 3.05) is 0 Å². The van der Waals surface area contributed by atoms with Gasteiger partial charge in [0.25, 0.3) is 0 Å². The van der Waals surface area contributed by atoms with Gasteiger partial charge in [-0.15, -0.1) is 11.3 Å². The third-order valence-corrected chi connectivity index (χ3v) is 2.67. The standard InChI is InChI=1S/C7H5F3N2S/c1-4-3-13-6-11-2-5(12(4)6)7(8,9)10/h2-3H,1H3. The average Bonchev–Trinajstić information content (AvgIpc) is 2.51. The van der Waals surface area contributed by atoms with Crippen LogP contribution in [0.4, 0.5) is 13.2 Å². The maximum Gasteiger partial charge on any atom is 0.433 e. The van der Waals surface area contributed by atoms with Gasteiger partial charge >= 0.3 is 6.18 Å². The number of fused-ring (bicyclic) bond motifs is 1. The van der Waals surface area contributed by atoms with E-state index < -0.39 is 11.9 Å². The van der Waals surface area contributed by atoms with Gasteiger partial charge in [0.2, 0.25) is 0 Å².